The third-order valence-corrected chi connectivity index (χ3v) is 6.29. The Morgan fingerprint density at radius 2 is 1.79 bits per heavy atom. The normalized spacial score (nSPS) is 15.6. The summed E-state index contributed by atoms with van der Waals surface area (Å²) in [6, 6.07) is 12.1. The highest BCUT2D eigenvalue weighted by Crippen LogP contribution is 2.29. The van der Waals surface area contributed by atoms with Crippen LogP contribution in [-0.4, -0.2) is 80.3 Å². The fraction of sp³-hybridized carbons (Fsp3) is 0.385. The summed E-state index contributed by atoms with van der Waals surface area (Å²) in [5.41, 5.74) is 7.06. The smallest absolute Gasteiger partial charge is 0.0928 e. The third kappa shape index (κ3) is 4.93. The number of rotatable bonds is 6. The van der Waals surface area contributed by atoms with Crippen LogP contribution in [0.4, 0.5) is 5.69 Å². The van der Waals surface area contributed by atoms with E-state index in [1.165, 1.54) is 0 Å². The number of H-pyrrole nitrogens is 1. The van der Waals surface area contributed by atoms with E-state index in [0.717, 1.165) is 77.8 Å². The highest BCUT2D eigenvalue weighted by Gasteiger charge is 2.24. The van der Waals surface area contributed by atoms with E-state index in [4.69, 9.17) is 4.98 Å². The zero-order valence-electron chi connectivity index (χ0n) is 20.3. The zero-order chi connectivity index (χ0) is 23.7. The van der Waals surface area contributed by atoms with Crippen LogP contribution in [0.5, 0.6) is 0 Å². The van der Waals surface area contributed by atoms with Gasteiger partial charge in [-0.3, -0.25) is 20.0 Å². The average Bonchev–Trinajstić information content (AvgIpc) is 3.30. The number of nitrogens with one attached hydrogen (secondary N) is 2. The Balaban J connectivity index is 1.39. The second-order valence-corrected chi connectivity index (χ2v) is 9.87. The maximum Gasteiger partial charge on any atom is 0.0928 e. The number of pyridine rings is 3. The first-order valence-electron chi connectivity index (χ1n) is 11.8. The molecule has 1 fully saturated rings. The van der Waals surface area contributed by atoms with E-state index in [9.17, 15) is 0 Å². The number of aromatic amines is 1. The topological polar surface area (TPSA) is 85.9 Å². The molecule has 1 aliphatic rings. The van der Waals surface area contributed by atoms with Crippen molar-refractivity contribution in [2.75, 3.05) is 45.1 Å². The van der Waals surface area contributed by atoms with Crippen molar-refractivity contribution in [2.24, 2.45) is 0 Å². The van der Waals surface area contributed by atoms with Crippen LogP contribution in [0.15, 0.2) is 48.8 Å². The molecule has 4 aromatic rings. The number of likely N-dealkylation sites (N-methyl/N-ethyl adjacent to an activating group) is 1. The second kappa shape index (κ2) is 9.12. The number of aromatic nitrogens is 5. The molecular formula is C26H32N8. The van der Waals surface area contributed by atoms with Crippen LogP contribution in [0.3, 0.4) is 0 Å². The molecule has 4 aromatic heterocycles. The standard InChI is InChI=1S/C26H32N8/c1-18-6-5-7-23(29-18)25-20(16-28-32-25)21-8-9-22-24(30-21)14-19(15-27-22)31-26(2,3)17-34-12-10-33(4)11-13-34/h5-9,14-16,31H,10-13,17H2,1-4H3,(H,28,32). The average molecular weight is 457 g/mol. The molecule has 0 aliphatic carbocycles. The number of hydrogen-bond acceptors (Lipinski definition) is 7. The fourth-order valence-electron chi connectivity index (χ4n) is 4.58. The molecule has 0 aromatic carbocycles. The summed E-state index contributed by atoms with van der Waals surface area (Å²) in [5.74, 6) is 0. The maximum absolute atomic E-state index is 4.93. The summed E-state index contributed by atoms with van der Waals surface area (Å²) < 4.78 is 0. The molecule has 5 rings (SSSR count). The summed E-state index contributed by atoms with van der Waals surface area (Å²) in [6.45, 7) is 11.9. The van der Waals surface area contributed by atoms with Crippen LogP contribution < -0.4 is 5.32 Å². The first-order valence-corrected chi connectivity index (χ1v) is 11.8. The van der Waals surface area contributed by atoms with E-state index in [2.05, 4.69) is 62.2 Å². The van der Waals surface area contributed by atoms with Gasteiger partial charge in [0.25, 0.3) is 0 Å². The molecule has 1 aliphatic heterocycles. The monoisotopic (exact) mass is 456 g/mol. The van der Waals surface area contributed by atoms with E-state index in [1.54, 1.807) is 0 Å². The van der Waals surface area contributed by atoms with Crippen molar-refractivity contribution >= 4 is 16.7 Å². The van der Waals surface area contributed by atoms with Crippen molar-refractivity contribution in [1.29, 1.82) is 0 Å². The van der Waals surface area contributed by atoms with Gasteiger partial charge in [-0.25, -0.2) is 4.98 Å². The van der Waals surface area contributed by atoms with E-state index >= 15 is 0 Å². The van der Waals surface area contributed by atoms with E-state index in [-0.39, 0.29) is 5.54 Å². The Morgan fingerprint density at radius 1 is 0.971 bits per heavy atom. The molecular weight excluding hydrogens is 424 g/mol. The van der Waals surface area contributed by atoms with Gasteiger partial charge in [-0.05, 0) is 58.2 Å². The molecule has 2 N–H and O–H groups in total. The Morgan fingerprint density at radius 3 is 2.59 bits per heavy atom. The van der Waals surface area contributed by atoms with Gasteiger partial charge in [0.2, 0.25) is 0 Å². The summed E-state index contributed by atoms with van der Waals surface area (Å²) in [6.07, 6.45) is 3.71. The van der Waals surface area contributed by atoms with Crippen LogP contribution >= 0.6 is 0 Å². The summed E-state index contributed by atoms with van der Waals surface area (Å²) in [5, 5.41) is 11.0. The van der Waals surface area contributed by atoms with Gasteiger partial charge >= 0.3 is 0 Å². The first kappa shape index (κ1) is 22.4. The van der Waals surface area contributed by atoms with Gasteiger partial charge in [0, 0.05) is 49.5 Å². The van der Waals surface area contributed by atoms with Gasteiger partial charge in [-0.2, -0.15) is 5.10 Å². The van der Waals surface area contributed by atoms with Crippen LogP contribution in [0, 0.1) is 6.92 Å². The second-order valence-electron chi connectivity index (χ2n) is 9.87. The van der Waals surface area contributed by atoms with Gasteiger partial charge in [-0.1, -0.05) is 6.07 Å². The van der Waals surface area contributed by atoms with E-state index < -0.39 is 0 Å². The van der Waals surface area contributed by atoms with Gasteiger partial charge in [0.15, 0.2) is 0 Å². The van der Waals surface area contributed by atoms with Crippen molar-refractivity contribution < 1.29 is 0 Å². The van der Waals surface area contributed by atoms with Crippen LogP contribution in [0.1, 0.15) is 19.5 Å². The SMILES string of the molecule is Cc1cccc(-c2[nH]ncc2-c2ccc3ncc(NC(C)(C)CN4CCN(C)CC4)cc3n2)n1. The number of aryl methyl sites for hydroxylation is 1. The Hall–Kier alpha value is -3.36. The Labute approximate surface area is 200 Å². The molecule has 0 bridgehead atoms. The van der Waals surface area contributed by atoms with Crippen molar-refractivity contribution in [3.8, 4) is 22.6 Å². The molecule has 1 saturated heterocycles. The summed E-state index contributed by atoms with van der Waals surface area (Å²) >= 11 is 0. The lowest BCUT2D eigenvalue weighted by Crippen LogP contribution is -2.51. The molecule has 0 radical (unpaired) electrons. The summed E-state index contributed by atoms with van der Waals surface area (Å²) in [7, 11) is 2.19. The van der Waals surface area contributed by atoms with Crippen molar-refractivity contribution in [3.05, 3.63) is 54.5 Å². The maximum atomic E-state index is 4.93. The first-order chi connectivity index (χ1) is 16.4. The summed E-state index contributed by atoms with van der Waals surface area (Å²) in [4.78, 5) is 19.1. The molecule has 5 heterocycles. The van der Waals surface area contributed by atoms with Crippen LogP contribution in [-0.2, 0) is 0 Å². The van der Waals surface area contributed by atoms with Gasteiger partial charge < -0.3 is 10.2 Å². The van der Waals surface area contributed by atoms with Crippen molar-refractivity contribution in [1.82, 2.24) is 34.9 Å². The molecule has 0 unspecified atom stereocenters. The minimum atomic E-state index is -0.0859. The molecule has 0 amide bonds. The minimum absolute atomic E-state index is 0.0859. The number of anilines is 1. The highest BCUT2D eigenvalue weighted by atomic mass is 15.3. The van der Waals surface area contributed by atoms with E-state index in [0.29, 0.717) is 0 Å². The van der Waals surface area contributed by atoms with Crippen molar-refractivity contribution in [2.45, 2.75) is 26.3 Å². The minimum Gasteiger partial charge on any atom is -0.378 e. The Kier molecular flexibility index (Phi) is 6.02. The largest absolute Gasteiger partial charge is 0.378 e. The quantitative estimate of drug-likeness (QED) is 0.456. The molecule has 8 heteroatoms. The molecule has 34 heavy (non-hydrogen) atoms. The number of hydrogen-bond donors (Lipinski definition) is 2. The number of piperazine rings is 1. The van der Waals surface area contributed by atoms with Gasteiger partial charge in [-0.15, -0.1) is 0 Å². The van der Waals surface area contributed by atoms with Crippen LogP contribution in [0.25, 0.3) is 33.7 Å². The molecule has 0 saturated carbocycles. The zero-order valence-corrected chi connectivity index (χ0v) is 20.3. The third-order valence-electron chi connectivity index (χ3n) is 6.29. The molecule has 0 spiro atoms. The van der Waals surface area contributed by atoms with Crippen molar-refractivity contribution in [3.63, 3.8) is 0 Å². The lowest BCUT2D eigenvalue weighted by Gasteiger charge is -2.38. The van der Waals surface area contributed by atoms with Gasteiger partial charge in [0.1, 0.15) is 0 Å². The van der Waals surface area contributed by atoms with Gasteiger partial charge in [0.05, 0.1) is 46.2 Å². The fourth-order valence-corrected chi connectivity index (χ4v) is 4.58. The molecule has 0 atom stereocenters. The lowest BCUT2D eigenvalue weighted by atomic mass is 10.0. The lowest BCUT2D eigenvalue weighted by molar-refractivity contribution is 0.138. The van der Waals surface area contributed by atoms with E-state index in [1.807, 2.05) is 49.6 Å². The molecule has 8 nitrogen and oxygen atoms in total. The Bertz CT molecular complexity index is 1290. The highest BCUT2D eigenvalue weighted by molar-refractivity contribution is 5.84. The number of fused-ring (bicyclic) bond motifs is 1. The molecule has 176 valence electrons. The predicted molar refractivity (Wildman–Crippen MR) is 137 cm³/mol. The van der Waals surface area contributed by atoms with Crippen LogP contribution in [0.2, 0.25) is 0 Å². The predicted octanol–water partition coefficient (Wildman–Crippen LogP) is 3.83. The number of nitrogens with zero attached hydrogens (tertiary/aromatic N) is 6.